The van der Waals surface area contributed by atoms with Gasteiger partial charge >= 0.3 is 0 Å². The lowest BCUT2D eigenvalue weighted by Gasteiger charge is -2.44. The first-order chi connectivity index (χ1) is 14.2. The molecule has 2 aromatic rings. The number of hydrogen-bond donors (Lipinski definition) is 0. The molecule has 30 heavy (non-hydrogen) atoms. The van der Waals surface area contributed by atoms with E-state index >= 15 is 0 Å². The number of amides is 1. The molecule has 1 fully saturated rings. The number of nitrogens with zero attached hydrogens (tertiary/aromatic N) is 4. The Labute approximate surface area is 177 Å². The van der Waals surface area contributed by atoms with Crippen LogP contribution in [-0.4, -0.2) is 72.7 Å². The largest absolute Gasteiger partial charge is 0.497 e. The van der Waals surface area contributed by atoms with E-state index in [0.29, 0.717) is 37.0 Å². The van der Waals surface area contributed by atoms with Crippen LogP contribution >= 0.6 is 0 Å². The summed E-state index contributed by atoms with van der Waals surface area (Å²) in [5.74, 6) is 1.80. The van der Waals surface area contributed by atoms with E-state index < -0.39 is 10.0 Å². The van der Waals surface area contributed by atoms with Gasteiger partial charge in [-0.05, 0) is 17.7 Å². The van der Waals surface area contributed by atoms with Gasteiger partial charge in [-0.25, -0.2) is 8.42 Å². The molecule has 0 N–H and O–H groups in total. The number of aromatic nitrogens is 2. The van der Waals surface area contributed by atoms with E-state index in [1.54, 1.807) is 12.0 Å². The molecule has 0 spiro atoms. The van der Waals surface area contributed by atoms with Gasteiger partial charge in [-0.3, -0.25) is 4.79 Å². The SMILES string of the molecule is COc1cccc(CC(=O)N2CC(N(CCc3noc(C(C)C)n3)S(C)(=O)=O)C2)c1. The van der Waals surface area contributed by atoms with Crippen LogP contribution in [-0.2, 0) is 27.7 Å². The van der Waals surface area contributed by atoms with E-state index in [-0.39, 0.29) is 30.8 Å². The molecule has 9 nitrogen and oxygen atoms in total. The van der Waals surface area contributed by atoms with Crippen molar-refractivity contribution < 1.29 is 22.5 Å². The highest BCUT2D eigenvalue weighted by Crippen LogP contribution is 2.21. The Morgan fingerprint density at radius 2 is 2.10 bits per heavy atom. The van der Waals surface area contributed by atoms with Crippen LogP contribution in [0.5, 0.6) is 5.75 Å². The predicted molar refractivity (Wildman–Crippen MR) is 111 cm³/mol. The van der Waals surface area contributed by atoms with Crippen molar-refractivity contribution in [2.45, 2.75) is 38.6 Å². The number of carbonyl (C=O) groups excluding carboxylic acids is 1. The summed E-state index contributed by atoms with van der Waals surface area (Å²) >= 11 is 0. The Kier molecular flexibility index (Phi) is 6.77. The number of hydrogen-bond acceptors (Lipinski definition) is 7. The summed E-state index contributed by atoms with van der Waals surface area (Å²) in [4.78, 5) is 18.5. The van der Waals surface area contributed by atoms with E-state index in [1.807, 2.05) is 38.1 Å². The fraction of sp³-hybridized carbons (Fsp3) is 0.550. The lowest BCUT2D eigenvalue weighted by Crippen LogP contribution is -2.62. The predicted octanol–water partition coefficient (Wildman–Crippen LogP) is 1.46. The van der Waals surface area contributed by atoms with Crippen molar-refractivity contribution in [1.29, 1.82) is 0 Å². The number of likely N-dealkylation sites (tertiary alicyclic amines) is 1. The van der Waals surface area contributed by atoms with Crippen LogP contribution in [0.15, 0.2) is 28.8 Å². The highest BCUT2D eigenvalue weighted by atomic mass is 32.2. The summed E-state index contributed by atoms with van der Waals surface area (Å²) in [6.45, 7) is 4.90. The minimum atomic E-state index is -3.43. The van der Waals surface area contributed by atoms with Crippen molar-refractivity contribution >= 4 is 15.9 Å². The van der Waals surface area contributed by atoms with Gasteiger partial charge in [-0.1, -0.05) is 31.1 Å². The number of ether oxygens (including phenoxy) is 1. The highest BCUT2D eigenvalue weighted by molar-refractivity contribution is 7.88. The lowest BCUT2D eigenvalue weighted by atomic mass is 10.1. The topological polar surface area (TPSA) is 106 Å². The van der Waals surface area contributed by atoms with E-state index in [2.05, 4.69) is 10.1 Å². The summed E-state index contributed by atoms with van der Waals surface area (Å²) in [5.41, 5.74) is 0.862. The van der Waals surface area contributed by atoms with Crippen molar-refractivity contribution in [2.75, 3.05) is 33.0 Å². The third kappa shape index (κ3) is 5.37. The molecule has 1 amide bonds. The van der Waals surface area contributed by atoms with Crippen LogP contribution in [0.2, 0.25) is 0 Å². The molecule has 1 aromatic heterocycles. The first-order valence-electron chi connectivity index (χ1n) is 9.87. The van der Waals surface area contributed by atoms with Gasteiger partial charge in [0.2, 0.25) is 21.8 Å². The summed E-state index contributed by atoms with van der Waals surface area (Å²) in [6.07, 6.45) is 1.80. The van der Waals surface area contributed by atoms with Crippen molar-refractivity contribution in [3.63, 3.8) is 0 Å². The molecular formula is C20H28N4O5S. The molecule has 3 rings (SSSR count). The molecule has 164 valence electrons. The Bertz CT molecular complexity index is 983. The van der Waals surface area contributed by atoms with E-state index in [9.17, 15) is 13.2 Å². The zero-order valence-electron chi connectivity index (χ0n) is 17.7. The number of methoxy groups -OCH3 is 1. The van der Waals surface area contributed by atoms with Gasteiger partial charge in [-0.2, -0.15) is 9.29 Å². The third-order valence-electron chi connectivity index (χ3n) is 5.07. The summed E-state index contributed by atoms with van der Waals surface area (Å²) < 4.78 is 36.4. The second-order valence-electron chi connectivity index (χ2n) is 7.81. The molecule has 0 aliphatic carbocycles. The maximum atomic E-state index is 12.5. The summed E-state index contributed by atoms with van der Waals surface area (Å²) in [6, 6.07) is 7.12. The average Bonchev–Trinajstić information content (AvgIpc) is 3.11. The number of benzene rings is 1. The average molecular weight is 437 g/mol. The molecule has 10 heteroatoms. The van der Waals surface area contributed by atoms with Crippen LogP contribution in [0, 0.1) is 0 Å². The van der Waals surface area contributed by atoms with E-state index in [0.717, 1.165) is 5.56 Å². The van der Waals surface area contributed by atoms with Gasteiger partial charge in [0, 0.05) is 32.0 Å². The number of sulfonamides is 1. The van der Waals surface area contributed by atoms with Crippen molar-refractivity contribution in [3.05, 3.63) is 41.5 Å². The third-order valence-corrected chi connectivity index (χ3v) is 6.40. The standard InChI is InChI=1S/C20H28N4O5S/c1-14(2)20-21-18(22-29-20)8-9-24(30(4,26)27)16-12-23(13-16)19(25)11-15-6-5-7-17(10-15)28-3/h5-7,10,14,16H,8-9,11-13H2,1-4H3. The highest BCUT2D eigenvalue weighted by Gasteiger charge is 2.38. The normalized spacial score (nSPS) is 14.9. The molecule has 1 saturated heterocycles. The molecule has 0 bridgehead atoms. The Morgan fingerprint density at radius 3 is 2.70 bits per heavy atom. The van der Waals surface area contributed by atoms with Crippen LogP contribution < -0.4 is 4.74 Å². The van der Waals surface area contributed by atoms with Crippen molar-refractivity contribution in [2.24, 2.45) is 0 Å². The Morgan fingerprint density at radius 1 is 1.37 bits per heavy atom. The van der Waals surface area contributed by atoms with Crippen molar-refractivity contribution in [3.8, 4) is 5.75 Å². The first-order valence-corrected chi connectivity index (χ1v) is 11.7. The minimum absolute atomic E-state index is 0.0345. The smallest absolute Gasteiger partial charge is 0.229 e. The second kappa shape index (κ2) is 9.13. The zero-order chi connectivity index (χ0) is 21.9. The Balaban J connectivity index is 1.56. The molecule has 0 unspecified atom stereocenters. The maximum absolute atomic E-state index is 12.5. The molecule has 2 heterocycles. The number of rotatable bonds is 9. The van der Waals surface area contributed by atoms with Gasteiger partial charge in [0.25, 0.3) is 0 Å². The maximum Gasteiger partial charge on any atom is 0.229 e. The molecule has 0 atom stereocenters. The summed E-state index contributed by atoms with van der Waals surface area (Å²) in [5, 5.41) is 3.92. The molecule has 1 aliphatic rings. The van der Waals surface area contributed by atoms with Gasteiger partial charge in [0.05, 0.1) is 25.8 Å². The van der Waals surface area contributed by atoms with E-state index in [4.69, 9.17) is 9.26 Å². The molecule has 0 radical (unpaired) electrons. The van der Waals surface area contributed by atoms with Crippen molar-refractivity contribution in [1.82, 2.24) is 19.3 Å². The van der Waals surface area contributed by atoms with Crippen LogP contribution in [0.3, 0.4) is 0 Å². The summed E-state index contributed by atoms with van der Waals surface area (Å²) in [7, 11) is -1.85. The molecule has 1 aromatic carbocycles. The van der Waals surface area contributed by atoms with Gasteiger partial charge in [0.15, 0.2) is 5.82 Å². The first kappa shape index (κ1) is 22.2. The van der Waals surface area contributed by atoms with Gasteiger partial charge in [0.1, 0.15) is 5.75 Å². The van der Waals surface area contributed by atoms with Gasteiger partial charge in [-0.15, -0.1) is 0 Å². The minimum Gasteiger partial charge on any atom is -0.497 e. The van der Waals surface area contributed by atoms with Crippen LogP contribution in [0.4, 0.5) is 0 Å². The number of carbonyl (C=O) groups is 1. The van der Waals surface area contributed by atoms with E-state index in [1.165, 1.54) is 10.6 Å². The zero-order valence-corrected chi connectivity index (χ0v) is 18.6. The second-order valence-corrected chi connectivity index (χ2v) is 9.74. The molecule has 0 saturated carbocycles. The fourth-order valence-electron chi connectivity index (χ4n) is 3.34. The van der Waals surface area contributed by atoms with Crippen LogP contribution in [0.1, 0.15) is 37.0 Å². The lowest BCUT2D eigenvalue weighted by molar-refractivity contribution is -0.136. The van der Waals surface area contributed by atoms with Crippen LogP contribution in [0.25, 0.3) is 0 Å². The quantitative estimate of drug-likeness (QED) is 0.586. The Hall–Kier alpha value is -2.46. The fourth-order valence-corrected chi connectivity index (χ4v) is 4.44. The molecule has 1 aliphatic heterocycles. The molecular weight excluding hydrogens is 408 g/mol. The van der Waals surface area contributed by atoms with Gasteiger partial charge < -0.3 is 14.2 Å². The monoisotopic (exact) mass is 436 g/mol.